The SMILES string of the molecule is CNC(=O)Nc1cc(Oc2ccc3c(ccn3C(=O)N(C)C)c2)ccn1. The molecule has 0 aliphatic carbocycles. The van der Waals surface area contributed by atoms with Gasteiger partial charge in [0.25, 0.3) is 0 Å². The molecular formula is C18H19N5O3. The number of anilines is 1. The van der Waals surface area contributed by atoms with Crippen LogP contribution in [0.2, 0.25) is 0 Å². The molecule has 0 bridgehead atoms. The van der Waals surface area contributed by atoms with E-state index in [1.165, 1.54) is 11.9 Å². The molecule has 3 amide bonds. The van der Waals surface area contributed by atoms with Gasteiger partial charge in [0.05, 0.1) is 5.52 Å². The fourth-order valence-corrected chi connectivity index (χ4v) is 2.42. The molecule has 8 heteroatoms. The van der Waals surface area contributed by atoms with Crippen molar-refractivity contribution < 1.29 is 14.3 Å². The Bertz CT molecular complexity index is 964. The average molecular weight is 353 g/mol. The van der Waals surface area contributed by atoms with Crippen molar-refractivity contribution in [2.75, 3.05) is 26.5 Å². The number of benzene rings is 1. The maximum atomic E-state index is 12.2. The number of amides is 3. The number of nitrogens with zero attached hydrogens (tertiary/aromatic N) is 3. The van der Waals surface area contributed by atoms with Crippen molar-refractivity contribution in [1.29, 1.82) is 0 Å². The van der Waals surface area contributed by atoms with E-state index in [-0.39, 0.29) is 12.1 Å². The number of hydrogen-bond donors (Lipinski definition) is 2. The van der Waals surface area contributed by atoms with Crippen molar-refractivity contribution in [2.45, 2.75) is 0 Å². The van der Waals surface area contributed by atoms with Gasteiger partial charge in [0, 0.05) is 45.0 Å². The summed E-state index contributed by atoms with van der Waals surface area (Å²) in [4.78, 5) is 29.1. The van der Waals surface area contributed by atoms with Gasteiger partial charge in [-0.15, -0.1) is 0 Å². The topological polar surface area (TPSA) is 88.5 Å². The molecule has 0 saturated heterocycles. The number of nitrogens with one attached hydrogen (secondary N) is 2. The summed E-state index contributed by atoms with van der Waals surface area (Å²) < 4.78 is 7.42. The lowest BCUT2D eigenvalue weighted by Gasteiger charge is -2.12. The van der Waals surface area contributed by atoms with E-state index >= 15 is 0 Å². The van der Waals surface area contributed by atoms with Gasteiger partial charge in [-0.25, -0.2) is 14.6 Å². The fraction of sp³-hybridized carbons (Fsp3) is 0.167. The van der Waals surface area contributed by atoms with E-state index in [2.05, 4.69) is 15.6 Å². The predicted molar refractivity (Wildman–Crippen MR) is 98.8 cm³/mol. The molecule has 0 unspecified atom stereocenters. The van der Waals surface area contributed by atoms with Crippen LogP contribution < -0.4 is 15.4 Å². The van der Waals surface area contributed by atoms with Crippen molar-refractivity contribution in [3.63, 3.8) is 0 Å². The Morgan fingerprint density at radius 2 is 1.88 bits per heavy atom. The number of urea groups is 1. The molecule has 0 atom stereocenters. The maximum absolute atomic E-state index is 12.2. The van der Waals surface area contributed by atoms with E-state index in [0.717, 1.165) is 10.9 Å². The smallest absolute Gasteiger partial charge is 0.328 e. The van der Waals surface area contributed by atoms with Crippen LogP contribution in [0.3, 0.4) is 0 Å². The van der Waals surface area contributed by atoms with E-state index in [0.29, 0.717) is 17.3 Å². The molecular weight excluding hydrogens is 334 g/mol. The largest absolute Gasteiger partial charge is 0.457 e. The maximum Gasteiger partial charge on any atom is 0.328 e. The van der Waals surface area contributed by atoms with Crippen LogP contribution in [0.25, 0.3) is 10.9 Å². The highest BCUT2D eigenvalue weighted by atomic mass is 16.5. The van der Waals surface area contributed by atoms with E-state index in [4.69, 9.17) is 4.74 Å². The third-order valence-corrected chi connectivity index (χ3v) is 3.69. The summed E-state index contributed by atoms with van der Waals surface area (Å²) in [6.07, 6.45) is 3.28. The second-order valence-electron chi connectivity index (χ2n) is 5.77. The molecule has 3 aromatic rings. The van der Waals surface area contributed by atoms with Crippen molar-refractivity contribution in [1.82, 2.24) is 19.8 Å². The standard InChI is InChI=1S/C18H19N5O3/c1-19-17(24)21-16-11-14(6-8-20-16)26-13-4-5-15-12(10-13)7-9-23(15)18(25)22(2)3/h4-11H,1-3H3,(H2,19,20,21,24). The van der Waals surface area contributed by atoms with Gasteiger partial charge in [0.1, 0.15) is 17.3 Å². The second-order valence-corrected chi connectivity index (χ2v) is 5.77. The molecule has 0 saturated carbocycles. The third kappa shape index (κ3) is 3.59. The van der Waals surface area contributed by atoms with Crippen LogP contribution in [0.5, 0.6) is 11.5 Å². The van der Waals surface area contributed by atoms with Crippen LogP contribution in [0.15, 0.2) is 48.8 Å². The highest BCUT2D eigenvalue weighted by molar-refractivity contribution is 5.92. The Morgan fingerprint density at radius 3 is 2.62 bits per heavy atom. The lowest BCUT2D eigenvalue weighted by molar-refractivity contribution is 0.220. The number of rotatable bonds is 3. The van der Waals surface area contributed by atoms with Gasteiger partial charge in [-0.3, -0.25) is 9.88 Å². The fourth-order valence-electron chi connectivity index (χ4n) is 2.42. The summed E-state index contributed by atoms with van der Waals surface area (Å²) in [7, 11) is 4.94. The minimum Gasteiger partial charge on any atom is -0.457 e. The lowest BCUT2D eigenvalue weighted by atomic mass is 10.2. The van der Waals surface area contributed by atoms with Crippen LogP contribution in [0.1, 0.15) is 0 Å². The Hall–Kier alpha value is -3.55. The molecule has 0 aliphatic rings. The number of ether oxygens (including phenoxy) is 1. The highest BCUT2D eigenvalue weighted by Gasteiger charge is 2.11. The van der Waals surface area contributed by atoms with E-state index in [1.54, 1.807) is 49.3 Å². The average Bonchev–Trinajstić information content (AvgIpc) is 3.04. The summed E-state index contributed by atoms with van der Waals surface area (Å²) in [5.41, 5.74) is 0.799. The first-order chi connectivity index (χ1) is 12.5. The molecule has 0 radical (unpaired) electrons. The minimum atomic E-state index is -0.358. The minimum absolute atomic E-state index is 0.118. The van der Waals surface area contributed by atoms with Crippen LogP contribution in [0, 0.1) is 0 Å². The van der Waals surface area contributed by atoms with Gasteiger partial charge in [-0.2, -0.15) is 0 Å². The number of hydrogen-bond acceptors (Lipinski definition) is 4. The summed E-state index contributed by atoms with van der Waals surface area (Å²) >= 11 is 0. The first-order valence-corrected chi connectivity index (χ1v) is 7.93. The number of pyridine rings is 1. The molecule has 2 heterocycles. The van der Waals surface area contributed by atoms with Gasteiger partial charge < -0.3 is 15.0 Å². The Kier molecular flexibility index (Phi) is 4.74. The van der Waals surface area contributed by atoms with Crippen LogP contribution in [-0.4, -0.2) is 47.7 Å². The molecule has 2 aromatic heterocycles. The van der Waals surface area contributed by atoms with E-state index in [1.807, 2.05) is 18.2 Å². The molecule has 1 aromatic carbocycles. The first kappa shape index (κ1) is 17.3. The van der Waals surface area contributed by atoms with Gasteiger partial charge in [0.15, 0.2) is 0 Å². The Morgan fingerprint density at radius 1 is 1.12 bits per heavy atom. The quantitative estimate of drug-likeness (QED) is 0.757. The molecule has 2 N–H and O–H groups in total. The highest BCUT2D eigenvalue weighted by Crippen LogP contribution is 2.27. The monoisotopic (exact) mass is 353 g/mol. The zero-order chi connectivity index (χ0) is 18.7. The van der Waals surface area contributed by atoms with Crippen LogP contribution in [-0.2, 0) is 0 Å². The number of carbonyl (C=O) groups excluding carboxylic acids is 2. The molecule has 134 valence electrons. The van der Waals surface area contributed by atoms with Crippen molar-refractivity contribution in [3.05, 3.63) is 48.8 Å². The molecule has 3 rings (SSSR count). The van der Waals surface area contributed by atoms with E-state index < -0.39 is 0 Å². The molecule has 26 heavy (non-hydrogen) atoms. The zero-order valence-electron chi connectivity index (χ0n) is 14.7. The van der Waals surface area contributed by atoms with Gasteiger partial charge in [0.2, 0.25) is 0 Å². The number of carbonyl (C=O) groups is 2. The molecule has 0 aliphatic heterocycles. The van der Waals surface area contributed by atoms with Crippen LogP contribution in [0.4, 0.5) is 15.4 Å². The van der Waals surface area contributed by atoms with Gasteiger partial charge in [-0.05, 0) is 30.3 Å². The number of fused-ring (bicyclic) bond motifs is 1. The summed E-state index contributed by atoms with van der Waals surface area (Å²) in [6.45, 7) is 0. The normalized spacial score (nSPS) is 10.4. The summed E-state index contributed by atoms with van der Waals surface area (Å²) in [6, 6.07) is 10.2. The summed E-state index contributed by atoms with van der Waals surface area (Å²) in [5, 5.41) is 5.93. The Labute approximate surface area is 150 Å². The zero-order valence-corrected chi connectivity index (χ0v) is 14.7. The Balaban J connectivity index is 1.83. The molecule has 0 fully saturated rings. The van der Waals surface area contributed by atoms with E-state index in [9.17, 15) is 9.59 Å². The van der Waals surface area contributed by atoms with Gasteiger partial charge in [-0.1, -0.05) is 0 Å². The van der Waals surface area contributed by atoms with Crippen molar-refractivity contribution in [3.8, 4) is 11.5 Å². The van der Waals surface area contributed by atoms with Crippen molar-refractivity contribution >= 4 is 28.8 Å². The van der Waals surface area contributed by atoms with Crippen molar-refractivity contribution in [2.24, 2.45) is 0 Å². The predicted octanol–water partition coefficient (Wildman–Crippen LogP) is 3.11. The molecule has 0 spiro atoms. The lowest BCUT2D eigenvalue weighted by Crippen LogP contribution is -2.26. The second kappa shape index (κ2) is 7.14. The number of aromatic nitrogens is 2. The first-order valence-electron chi connectivity index (χ1n) is 7.93. The third-order valence-electron chi connectivity index (χ3n) is 3.69. The van der Waals surface area contributed by atoms with Gasteiger partial charge >= 0.3 is 12.1 Å². The summed E-state index contributed by atoms with van der Waals surface area (Å²) in [5.74, 6) is 1.53. The van der Waals surface area contributed by atoms with Crippen LogP contribution >= 0.6 is 0 Å². The molecule has 8 nitrogen and oxygen atoms in total.